The van der Waals surface area contributed by atoms with Crippen LogP contribution >= 0.6 is 0 Å². The van der Waals surface area contributed by atoms with Gasteiger partial charge < -0.3 is 20.4 Å². The number of carbonyl (C=O) groups is 2. The van der Waals surface area contributed by atoms with E-state index in [0.29, 0.717) is 25.3 Å². The van der Waals surface area contributed by atoms with E-state index in [0.717, 1.165) is 49.8 Å². The van der Waals surface area contributed by atoms with Gasteiger partial charge in [0.15, 0.2) is 0 Å². The number of rotatable bonds is 6. The van der Waals surface area contributed by atoms with E-state index in [4.69, 9.17) is 0 Å². The van der Waals surface area contributed by atoms with E-state index < -0.39 is 0 Å². The Balaban J connectivity index is 1.35. The van der Waals surface area contributed by atoms with E-state index >= 15 is 0 Å². The molecule has 3 amide bonds. The molecular formula is C24H32N6O2. The van der Waals surface area contributed by atoms with Crippen LogP contribution in [0.4, 0.5) is 16.2 Å². The molecule has 0 atom stereocenters. The quantitative estimate of drug-likeness (QED) is 0.728. The third kappa shape index (κ3) is 4.70. The summed E-state index contributed by atoms with van der Waals surface area (Å²) in [5.74, 6) is -0.129. The molecule has 2 aliphatic heterocycles. The number of piperazine rings is 1. The first-order chi connectivity index (χ1) is 15.5. The second-order valence-corrected chi connectivity index (χ2v) is 8.36. The zero-order chi connectivity index (χ0) is 22.7. The van der Waals surface area contributed by atoms with Gasteiger partial charge >= 0.3 is 6.03 Å². The number of hydrogen-bond donors (Lipinski definition) is 2. The van der Waals surface area contributed by atoms with Crippen molar-refractivity contribution in [1.82, 2.24) is 20.1 Å². The van der Waals surface area contributed by atoms with Gasteiger partial charge in [-0.3, -0.25) is 9.69 Å². The van der Waals surface area contributed by atoms with E-state index in [1.165, 1.54) is 11.1 Å². The Morgan fingerprint density at radius 2 is 1.91 bits per heavy atom. The van der Waals surface area contributed by atoms with Crippen LogP contribution in [0.1, 0.15) is 41.2 Å². The monoisotopic (exact) mass is 436 g/mol. The van der Waals surface area contributed by atoms with Crippen LogP contribution in [0.5, 0.6) is 0 Å². The predicted octanol–water partition coefficient (Wildman–Crippen LogP) is 2.83. The summed E-state index contributed by atoms with van der Waals surface area (Å²) in [5.41, 5.74) is 5.76. The SMILES string of the molecule is CCNC(=O)c1ccc(N2CCN(Cc3ccc4c(c3)NC(=O)N(CC)C4)CC2)c(C)n1. The van der Waals surface area contributed by atoms with E-state index in [9.17, 15) is 9.59 Å². The lowest BCUT2D eigenvalue weighted by molar-refractivity contribution is 0.0950. The molecule has 2 aromatic rings. The number of nitrogens with one attached hydrogen (secondary N) is 2. The second kappa shape index (κ2) is 9.56. The number of anilines is 2. The van der Waals surface area contributed by atoms with Crippen molar-refractivity contribution in [3.8, 4) is 0 Å². The number of benzene rings is 1. The molecule has 0 spiro atoms. The molecule has 0 bridgehead atoms. The van der Waals surface area contributed by atoms with E-state index in [1.807, 2.05) is 26.8 Å². The average Bonchev–Trinajstić information content (AvgIpc) is 2.79. The van der Waals surface area contributed by atoms with Crippen molar-refractivity contribution in [1.29, 1.82) is 0 Å². The van der Waals surface area contributed by atoms with Gasteiger partial charge in [0.1, 0.15) is 5.69 Å². The number of urea groups is 1. The molecule has 32 heavy (non-hydrogen) atoms. The smallest absolute Gasteiger partial charge is 0.322 e. The molecule has 0 aliphatic carbocycles. The van der Waals surface area contributed by atoms with Gasteiger partial charge in [0.05, 0.1) is 11.4 Å². The maximum Gasteiger partial charge on any atom is 0.322 e. The molecule has 8 nitrogen and oxygen atoms in total. The Morgan fingerprint density at radius 1 is 1.12 bits per heavy atom. The molecule has 2 aliphatic rings. The molecule has 0 radical (unpaired) electrons. The molecule has 2 N–H and O–H groups in total. The summed E-state index contributed by atoms with van der Waals surface area (Å²) in [7, 11) is 0. The summed E-state index contributed by atoms with van der Waals surface area (Å²) >= 11 is 0. The van der Waals surface area contributed by atoms with Crippen molar-refractivity contribution < 1.29 is 9.59 Å². The fraction of sp³-hybridized carbons (Fsp3) is 0.458. The maximum absolute atomic E-state index is 12.2. The summed E-state index contributed by atoms with van der Waals surface area (Å²) in [6.45, 7) is 12.4. The molecule has 4 rings (SSSR count). The fourth-order valence-electron chi connectivity index (χ4n) is 4.37. The zero-order valence-electron chi connectivity index (χ0n) is 19.1. The van der Waals surface area contributed by atoms with Gasteiger partial charge in [0.25, 0.3) is 5.91 Å². The van der Waals surface area contributed by atoms with Crippen molar-refractivity contribution in [2.45, 2.75) is 33.9 Å². The number of hydrogen-bond acceptors (Lipinski definition) is 5. The second-order valence-electron chi connectivity index (χ2n) is 8.36. The average molecular weight is 437 g/mol. The maximum atomic E-state index is 12.2. The molecule has 1 aromatic heterocycles. The lowest BCUT2D eigenvalue weighted by Gasteiger charge is -2.37. The number of aromatic nitrogens is 1. The van der Waals surface area contributed by atoms with Gasteiger partial charge in [-0.05, 0) is 50.1 Å². The van der Waals surface area contributed by atoms with Crippen LogP contribution in [0.15, 0.2) is 30.3 Å². The lowest BCUT2D eigenvalue weighted by atomic mass is 10.1. The first kappa shape index (κ1) is 22.1. The number of aryl methyl sites for hydroxylation is 1. The summed E-state index contributed by atoms with van der Waals surface area (Å²) in [6.07, 6.45) is 0. The summed E-state index contributed by atoms with van der Waals surface area (Å²) < 4.78 is 0. The van der Waals surface area contributed by atoms with Crippen LogP contribution in [0, 0.1) is 6.92 Å². The van der Waals surface area contributed by atoms with Crippen LogP contribution in [0.3, 0.4) is 0 Å². The van der Waals surface area contributed by atoms with Crippen molar-refractivity contribution in [2.24, 2.45) is 0 Å². The molecule has 170 valence electrons. The molecule has 0 saturated carbocycles. The number of nitrogens with zero attached hydrogens (tertiary/aromatic N) is 4. The Hall–Kier alpha value is -3.13. The van der Waals surface area contributed by atoms with Crippen molar-refractivity contribution in [3.63, 3.8) is 0 Å². The highest BCUT2D eigenvalue weighted by Crippen LogP contribution is 2.26. The molecule has 1 saturated heterocycles. The van der Waals surface area contributed by atoms with Gasteiger partial charge in [0, 0.05) is 58.0 Å². The Labute approximate surface area is 189 Å². The molecule has 1 fully saturated rings. The molecule has 0 unspecified atom stereocenters. The van der Waals surface area contributed by atoms with E-state index in [1.54, 1.807) is 11.0 Å². The van der Waals surface area contributed by atoms with Gasteiger partial charge in [-0.15, -0.1) is 0 Å². The number of fused-ring (bicyclic) bond motifs is 1. The van der Waals surface area contributed by atoms with Crippen molar-refractivity contribution in [2.75, 3.05) is 49.5 Å². The highest BCUT2D eigenvalue weighted by Gasteiger charge is 2.23. The zero-order valence-corrected chi connectivity index (χ0v) is 19.1. The minimum absolute atomic E-state index is 0.0204. The Bertz CT molecular complexity index is 1000. The highest BCUT2D eigenvalue weighted by atomic mass is 16.2. The van der Waals surface area contributed by atoms with Crippen molar-refractivity contribution in [3.05, 3.63) is 52.8 Å². The van der Waals surface area contributed by atoms with Crippen LogP contribution in [-0.2, 0) is 13.1 Å². The first-order valence-corrected chi connectivity index (χ1v) is 11.4. The third-order valence-corrected chi connectivity index (χ3v) is 6.19. The number of carbonyl (C=O) groups excluding carboxylic acids is 2. The van der Waals surface area contributed by atoms with E-state index in [-0.39, 0.29) is 11.9 Å². The Morgan fingerprint density at radius 3 is 2.59 bits per heavy atom. The lowest BCUT2D eigenvalue weighted by Crippen LogP contribution is -2.46. The van der Waals surface area contributed by atoms with Crippen molar-refractivity contribution >= 4 is 23.3 Å². The summed E-state index contributed by atoms with van der Waals surface area (Å²) in [6, 6.07) is 10.2. The largest absolute Gasteiger partial charge is 0.368 e. The molecule has 1 aromatic carbocycles. The van der Waals surface area contributed by atoms with Crippen LogP contribution in [0.25, 0.3) is 0 Å². The van der Waals surface area contributed by atoms with Crippen LogP contribution in [-0.4, -0.2) is 66.0 Å². The number of pyridine rings is 1. The topological polar surface area (TPSA) is 80.8 Å². The summed E-state index contributed by atoms with van der Waals surface area (Å²) in [4.78, 5) is 35.3. The highest BCUT2D eigenvalue weighted by molar-refractivity contribution is 5.93. The van der Waals surface area contributed by atoms with Crippen LogP contribution < -0.4 is 15.5 Å². The molecule has 3 heterocycles. The molecule has 8 heteroatoms. The number of amides is 3. The van der Waals surface area contributed by atoms with Gasteiger partial charge in [-0.25, -0.2) is 9.78 Å². The Kier molecular flexibility index (Phi) is 6.60. The van der Waals surface area contributed by atoms with Gasteiger partial charge in [-0.2, -0.15) is 0 Å². The first-order valence-electron chi connectivity index (χ1n) is 11.4. The third-order valence-electron chi connectivity index (χ3n) is 6.19. The van der Waals surface area contributed by atoms with E-state index in [2.05, 4.69) is 43.6 Å². The minimum Gasteiger partial charge on any atom is -0.368 e. The predicted molar refractivity (Wildman–Crippen MR) is 126 cm³/mol. The summed E-state index contributed by atoms with van der Waals surface area (Å²) in [5, 5.41) is 5.81. The van der Waals surface area contributed by atoms with Crippen LogP contribution in [0.2, 0.25) is 0 Å². The van der Waals surface area contributed by atoms with Gasteiger partial charge in [-0.1, -0.05) is 12.1 Å². The standard InChI is InChI=1S/C24H32N6O2/c1-4-25-23(31)20-8-9-22(17(3)26-20)30-12-10-28(11-13-30)15-18-6-7-19-16-29(5-2)24(32)27-21(19)14-18/h6-9,14H,4-5,10-13,15-16H2,1-3H3,(H,25,31)(H,27,32). The fourth-order valence-corrected chi connectivity index (χ4v) is 4.37. The minimum atomic E-state index is -0.129. The van der Waals surface area contributed by atoms with Gasteiger partial charge in [0.2, 0.25) is 0 Å². The molecular weight excluding hydrogens is 404 g/mol. The normalized spacial score (nSPS) is 16.5.